The Morgan fingerprint density at radius 1 is 1.40 bits per heavy atom. The van der Waals surface area contributed by atoms with Gasteiger partial charge < -0.3 is 5.73 Å². The third kappa shape index (κ3) is 1.72. The van der Waals surface area contributed by atoms with E-state index in [0.717, 1.165) is 17.8 Å². The number of hydrogen-bond acceptors (Lipinski definition) is 2. The largest absolute Gasteiger partial charge is 0.398 e. The fourth-order valence-corrected chi connectivity index (χ4v) is 1.07. The van der Waals surface area contributed by atoms with Crippen molar-refractivity contribution in [2.45, 2.75) is 6.54 Å². The molecule has 54 valence electrons. The average Bonchev–Trinajstić information content (AvgIpc) is 1.94. The Labute approximate surface area is 68.8 Å². The highest BCUT2D eigenvalue weighted by Gasteiger charge is 1.93. The topological polar surface area (TPSA) is 38.0 Å². The molecule has 3 heteroatoms. The molecule has 1 aromatic carbocycles. The minimum absolute atomic E-state index is 0.757. The van der Waals surface area contributed by atoms with Crippen LogP contribution < -0.4 is 10.1 Å². The van der Waals surface area contributed by atoms with Gasteiger partial charge in [0.15, 0.2) is 0 Å². The van der Waals surface area contributed by atoms with Gasteiger partial charge in [0.25, 0.3) is 0 Å². The molecule has 0 bridgehead atoms. The second-order valence-electron chi connectivity index (χ2n) is 2.01. The molecule has 0 aromatic heterocycles. The number of benzene rings is 1. The van der Waals surface area contributed by atoms with Gasteiger partial charge in [0.1, 0.15) is 0 Å². The zero-order chi connectivity index (χ0) is 7.40. The van der Waals surface area contributed by atoms with Crippen molar-refractivity contribution in [3.8, 4) is 0 Å². The first-order valence-corrected chi connectivity index (χ1v) is 3.81. The van der Waals surface area contributed by atoms with Crippen LogP contribution in [0.4, 0.5) is 5.69 Å². The van der Waals surface area contributed by atoms with Crippen molar-refractivity contribution in [3.05, 3.63) is 29.8 Å². The van der Waals surface area contributed by atoms with Gasteiger partial charge in [0.2, 0.25) is 0 Å². The number of para-hydroxylation sites is 1. The molecule has 0 fully saturated rings. The van der Waals surface area contributed by atoms with Gasteiger partial charge in [-0.3, -0.25) is 4.34 Å². The third-order valence-corrected chi connectivity index (χ3v) is 1.59. The van der Waals surface area contributed by atoms with E-state index in [9.17, 15) is 0 Å². The smallest absolute Gasteiger partial charge is 0.0359 e. The van der Waals surface area contributed by atoms with Gasteiger partial charge in [-0.15, -0.1) is 0 Å². The van der Waals surface area contributed by atoms with Crippen LogP contribution in [0.3, 0.4) is 0 Å². The van der Waals surface area contributed by atoms with Gasteiger partial charge in [-0.05, 0) is 11.6 Å². The number of anilines is 1. The Kier molecular flexibility index (Phi) is 2.71. The van der Waals surface area contributed by atoms with E-state index in [2.05, 4.69) is 20.5 Å². The molecule has 1 rings (SSSR count). The van der Waals surface area contributed by atoms with Crippen LogP contribution in [-0.4, -0.2) is 0 Å². The van der Waals surface area contributed by atoms with Crippen molar-refractivity contribution < 1.29 is 0 Å². The summed E-state index contributed by atoms with van der Waals surface area (Å²) in [6.07, 6.45) is 0. The Bertz CT molecular complexity index is 213. The molecular formula is C7H9BrN2. The molecule has 2 nitrogen and oxygen atoms in total. The molecule has 0 radical (unpaired) electrons. The normalized spacial score (nSPS) is 9.70. The molecule has 0 heterocycles. The number of hydrogen-bond donors (Lipinski definition) is 2. The Hall–Kier alpha value is -0.540. The average molecular weight is 201 g/mol. The van der Waals surface area contributed by atoms with Crippen LogP contribution in [0.25, 0.3) is 0 Å². The van der Waals surface area contributed by atoms with Crippen molar-refractivity contribution in [2.75, 3.05) is 5.73 Å². The summed E-state index contributed by atoms with van der Waals surface area (Å²) in [7, 11) is 0. The maximum atomic E-state index is 5.65. The van der Waals surface area contributed by atoms with Crippen molar-refractivity contribution in [1.82, 2.24) is 4.34 Å². The molecule has 0 unspecified atom stereocenters. The lowest BCUT2D eigenvalue weighted by Crippen LogP contribution is -2.01. The lowest BCUT2D eigenvalue weighted by atomic mass is 10.2. The van der Waals surface area contributed by atoms with Gasteiger partial charge in [0.05, 0.1) is 0 Å². The van der Waals surface area contributed by atoms with E-state index in [-0.39, 0.29) is 0 Å². The molecule has 0 spiro atoms. The van der Waals surface area contributed by atoms with Crippen molar-refractivity contribution >= 4 is 21.8 Å². The highest BCUT2D eigenvalue weighted by molar-refractivity contribution is 9.08. The van der Waals surface area contributed by atoms with E-state index in [4.69, 9.17) is 5.73 Å². The van der Waals surface area contributed by atoms with Gasteiger partial charge in [-0.1, -0.05) is 18.2 Å². The van der Waals surface area contributed by atoms with Crippen LogP contribution in [0.2, 0.25) is 0 Å². The Morgan fingerprint density at radius 3 is 2.70 bits per heavy atom. The molecule has 0 aliphatic rings. The van der Waals surface area contributed by atoms with Crippen LogP contribution in [0.15, 0.2) is 24.3 Å². The quantitative estimate of drug-likeness (QED) is 0.564. The zero-order valence-electron chi connectivity index (χ0n) is 5.47. The summed E-state index contributed by atoms with van der Waals surface area (Å²) in [6, 6.07) is 7.77. The molecule has 0 saturated heterocycles. The lowest BCUT2D eigenvalue weighted by molar-refractivity contribution is 0.999. The number of nitrogens with one attached hydrogen (secondary N) is 1. The molecule has 10 heavy (non-hydrogen) atoms. The molecule has 0 saturated carbocycles. The molecular weight excluding hydrogens is 192 g/mol. The summed E-state index contributed by atoms with van der Waals surface area (Å²) >= 11 is 3.11. The molecule has 1 aromatic rings. The van der Waals surface area contributed by atoms with E-state index in [1.54, 1.807) is 0 Å². The molecule has 0 amide bonds. The summed E-state index contributed by atoms with van der Waals surface area (Å²) in [5.41, 5.74) is 7.58. The maximum absolute atomic E-state index is 5.65. The van der Waals surface area contributed by atoms with Crippen LogP contribution >= 0.6 is 16.1 Å². The first-order chi connectivity index (χ1) is 4.84. The highest BCUT2D eigenvalue weighted by Crippen LogP contribution is 2.09. The SMILES string of the molecule is Nc1ccccc1CNBr. The minimum atomic E-state index is 0.757. The van der Waals surface area contributed by atoms with E-state index in [1.165, 1.54) is 0 Å². The monoisotopic (exact) mass is 200 g/mol. The molecule has 0 aliphatic heterocycles. The first-order valence-electron chi connectivity index (χ1n) is 3.01. The number of nitrogen functional groups attached to an aromatic ring is 1. The van der Waals surface area contributed by atoms with Gasteiger partial charge in [-0.2, -0.15) is 0 Å². The third-order valence-electron chi connectivity index (χ3n) is 1.31. The predicted octanol–water partition coefficient (Wildman–Crippen LogP) is 1.67. The Balaban J connectivity index is 2.81. The maximum Gasteiger partial charge on any atom is 0.0359 e. The van der Waals surface area contributed by atoms with Crippen LogP contribution in [0.1, 0.15) is 5.56 Å². The number of rotatable bonds is 2. The number of halogens is 1. The van der Waals surface area contributed by atoms with Crippen molar-refractivity contribution in [2.24, 2.45) is 0 Å². The fourth-order valence-electron chi connectivity index (χ4n) is 0.767. The van der Waals surface area contributed by atoms with Gasteiger partial charge in [0, 0.05) is 28.4 Å². The predicted molar refractivity (Wildman–Crippen MR) is 46.6 cm³/mol. The standard InChI is InChI=1S/C7H9BrN2/c8-10-5-6-3-1-2-4-7(6)9/h1-4,10H,5,9H2. The second kappa shape index (κ2) is 3.58. The van der Waals surface area contributed by atoms with Crippen LogP contribution in [0, 0.1) is 0 Å². The number of nitrogens with two attached hydrogens (primary N) is 1. The molecule has 0 aliphatic carbocycles. The first kappa shape index (κ1) is 7.57. The fraction of sp³-hybridized carbons (Fsp3) is 0.143. The van der Waals surface area contributed by atoms with E-state index >= 15 is 0 Å². The summed E-state index contributed by atoms with van der Waals surface area (Å²) in [6.45, 7) is 0.757. The van der Waals surface area contributed by atoms with E-state index in [1.807, 2.05) is 24.3 Å². The summed E-state index contributed by atoms with van der Waals surface area (Å²) in [5, 5.41) is 0. The van der Waals surface area contributed by atoms with Crippen molar-refractivity contribution in [1.29, 1.82) is 0 Å². The Morgan fingerprint density at radius 2 is 2.10 bits per heavy atom. The minimum Gasteiger partial charge on any atom is -0.398 e. The molecule has 0 atom stereocenters. The van der Waals surface area contributed by atoms with Crippen LogP contribution in [-0.2, 0) is 6.54 Å². The second-order valence-corrected chi connectivity index (χ2v) is 2.57. The van der Waals surface area contributed by atoms with E-state index in [0.29, 0.717) is 0 Å². The van der Waals surface area contributed by atoms with Crippen molar-refractivity contribution in [3.63, 3.8) is 0 Å². The molecule has 3 N–H and O–H groups in total. The summed E-state index contributed by atoms with van der Waals surface area (Å²) in [5.74, 6) is 0. The van der Waals surface area contributed by atoms with Crippen LogP contribution in [0.5, 0.6) is 0 Å². The highest BCUT2D eigenvalue weighted by atomic mass is 79.9. The van der Waals surface area contributed by atoms with E-state index < -0.39 is 0 Å². The van der Waals surface area contributed by atoms with Gasteiger partial charge >= 0.3 is 0 Å². The summed E-state index contributed by atoms with van der Waals surface area (Å²) < 4.78 is 2.86. The lowest BCUT2D eigenvalue weighted by Gasteiger charge is -2.01. The van der Waals surface area contributed by atoms with Gasteiger partial charge in [-0.25, -0.2) is 0 Å². The zero-order valence-corrected chi connectivity index (χ0v) is 7.06. The summed E-state index contributed by atoms with van der Waals surface area (Å²) in [4.78, 5) is 0.